The van der Waals surface area contributed by atoms with Crippen molar-refractivity contribution in [2.24, 2.45) is 11.7 Å². The number of nitrogens with one attached hydrogen (secondary N) is 1. The summed E-state index contributed by atoms with van der Waals surface area (Å²) in [4.78, 5) is 13.3. The first-order chi connectivity index (χ1) is 9.56. The second kappa shape index (κ2) is 6.64. The minimum atomic E-state index is -0.391. The largest absolute Gasteiger partial charge is 0.353 e. The molecule has 0 heterocycles. The number of hydrogen-bond acceptors (Lipinski definition) is 3. The van der Waals surface area contributed by atoms with Crippen LogP contribution in [-0.4, -0.2) is 23.2 Å². The van der Waals surface area contributed by atoms with Gasteiger partial charge >= 0.3 is 0 Å². The van der Waals surface area contributed by atoms with E-state index in [1.807, 2.05) is 24.8 Å². The van der Waals surface area contributed by atoms with E-state index in [1.54, 1.807) is 0 Å². The lowest BCUT2D eigenvalue weighted by atomic mass is 9.99. The Morgan fingerprint density at radius 3 is 2.60 bits per heavy atom. The van der Waals surface area contributed by atoms with Crippen LogP contribution in [0.1, 0.15) is 33.1 Å². The molecule has 110 valence electrons. The van der Waals surface area contributed by atoms with Gasteiger partial charge in [-0.15, -0.1) is 11.8 Å². The molecule has 2 unspecified atom stereocenters. The van der Waals surface area contributed by atoms with Gasteiger partial charge in [0.05, 0.1) is 6.04 Å². The van der Waals surface area contributed by atoms with Crippen LogP contribution in [0.3, 0.4) is 0 Å². The third kappa shape index (κ3) is 4.00. The summed E-state index contributed by atoms with van der Waals surface area (Å²) in [6.07, 6.45) is 3.25. The normalized spacial score (nSPS) is 19.1. The van der Waals surface area contributed by atoms with Crippen LogP contribution in [0.4, 0.5) is 0 Å². The van der Waals surface area contributed by atoms with Gasteiger partial charge in [0.2, 0.25) is 5.91 Å². The number of hydrogen-bond donors (Lipinski definition) is 2. The lowest BCUT2D eigenvalue weighted by Crippen LogP contribution is -2.46. The molecule has 2 rings (SSSR count). The number of amides is 1. The maximum Gasteiger partial charge on any atom is 0.237 e. The molecular formula is C16H24N2OS. The van der Waals surface area contributed by atoms with Crippen LogP contribution < -0.4 is 11.1 Å². The van der Waals surface area contributed by atoms with Gasteiger partial charge in [-0.2, -0.15) is 0 Å². The molecule has 1 aliphatic carbocycles. The van der Waals surface area contributed by atoms with Crippen molar-refractivity contribution < 1.29 is 4.79 Å². The quantitative estimate of drug-likeness (QED) is 0.812. The summed E-state index contributed by atoms with van der Waals surface area (Å²) in [5.41, 5.74) is 5.95. The fourth-order valence-corrected chi connectivity index (χ4v) is 3.32. The first-order valence-electron chi connectivity index (χ1n) is 7.34. The van der Waals surface area contributed by atoms with Gasteiger partial charge in [-0.25, -0.2) is 0 Å². The highest BCUT2D eigenvalue weighted by Gasteiger charge is 2.44. The molecule has 0 aliphatic heterocycles. The van der Waals surface area contributed by atoms with E-state index < -0.39 is 6.04 Å². The van der Waals surface area contributed by atoms with Crippen LogP contribution >= 0.6 is 11.8 Å². The van der Waals surface area contributed by atoms with Crippen LogP contribution in [0.5, 0.6) is 0 Å². The Kier molecular flexibility index (Phi) is 5.11. The molecule has 1 aromatic carbocycles. The molecule has 1 saturated carbocycles. The lowest BCUT2D eigenvalue weighted by molar-refractivity contribution is -0.123. The van der Waals surface area contributed by atoms with Crippen molar-refractivity contribution in [1.29, 1.82) is 0 Å². The zero-order valence-corrected chi connectivity index (χ0v) is 13.1. The number of benzene rings is 1. The third-order valence-corrected chi connectivity index (χ3v) is 5.52. The summed E-state index contributed by atoms with van der Waals surface area (Å²) >= 11 is 1.87. The number of carbonyl (C=O) groups is 1. The maximum absolute atomic E-state index is 12.0. The Balaban J connectivity index is 1.83. The fourth-order valence-electron chi connectivity index (χ4n) is 2.07. The van der Waals surface area contributed by atoms with Gasteiger partial charge in [0.25, 0.3) is 0 Å². The highest BCUT2D eigenvalue weighted by molar-refractivity contribution is 8.01. The first kappa shape index (κ1) is 15.4. The predicted molar refractivity (Wildman–Crippen MR) is 84.7 cm³/mol. The predicted octanol–water partition coefficient (Wildman–Crippen LogP) is 2.80. The van der Waals surface area contributed by atoms with Crippen molar-refractivity contribution in [2.75, 3.05) is 6.54 Å². The molecule has 0 spiro atoms. The molecule has 1 aliphatic rings. The van der Waals surface area contributed by atoms with Crippen LogP contribution in [-0.2, 0) is 4.79 Å². The Bertz CT molecular complexity index is 445. The monoisotopic (exact) mass is 292 g/mol. The molecule has 1 fully saturated rings. The summed E-state index contributed by atoms with van der Waals surface area (Å²) in [7, 11) is 0. The van der Waals surface area contributed by atoms with Crippen molar-refractivity contribution >= 4 is 17.7 Å². The molecule has 0 aromatic heterocycles. The van der Waals surface area contributed by atoms with E-state index in [0.717, 1.165) is 25.8 Å². The number of nitrogens with two attached hydrogens (primary N) is 1. The molecule has 0 bridgehead atoms. The highest BCUT2D eigenvalue weighted by Crippen LogP contribution is 2.51. The minimum Gasteiger partial charge on any atom is -0.353 e. The minimum absolute atomic E-state index is 0.0145. The number of thioether (sulfide) groups is 1. The summed E-state index contributed by atoms with van der Waals surface area (Å²) in [6, 6.07) is 9.98. The van der Waals surface area contributed by atoms with Gasteiger partial charge in [-0.05, 0) is 30.9 Å². The van der Waals surface area contributed by atoms with Crippen LogP contribution in [0.15, 0.2) is 35.2 Å². The molecule has 3 nitrogen and oxygen atoms in total. The molecule has 3 N–H and O–H groups in total. The molecule has 0 radical (unpaired) electrons. The average Bonchev–Trinajstić information content (AvgIpc) is 3.24. The van der Waals surface area contributed by atoms with E-state index in [9.17, 15) is 4.79 Å². The van der Waals surface area contributed by atoms with Gasteiger partial charge < -0.3 is 11.1 Å². The third-order valence-electron chi connectivity index (χ3n) is 4.03. The van der Waals surface area contributed by atoms with E-state index in [4.69, 9.17) is 5.73 Å². The molecule has 1 amide bonds. The topological polar surface area (TPSA) is 55.1 Å². The van der Waals surface area contributed by atoms with Crippen molar-refractivity contribution in [1.82, 2.24) is 5.32 Å². The van der Waals surface area contributed by atoms with Crippen molar-refractivity contribution in [3.8, 4) is 0 Å². The van der Waals surface area contributed by atoms with Crippen molar-refractivity contribution in [3.05, 3.63) is 30.3 Å². The van der Waals surface area contributed by atoms with Gasteiger partial charge in [0.15, 0.2) is 0 Å². The number of rotatable bonds is 7. The Morgan fingerprint density at radius 1 is 1.40 bits per heavy atom. The molecule has 20 heavy (non-hydrogen) atoms. The molecule has 0 saturated heterocycles. The standard InChI is InChI=1S/C16H24N2OS/c1-3-12(2)14(17)15(19)18-11-16(9-10-16)20-13-7-5-4-6-8-13/h4-8,12,14H,3,9-11,17H2,1-2H3,(H,18,19). The summed E-state index contributed by atoms with van der Waals surface area (Å²) < 4.78 is 0.187. The average molecular weight is 292 g/mol. The van der Waals surface area contributed by atoms with Crippen molar-refractivity contribution in [3.63, 3.8) is 0 Å². The molecule has 4 heteroatoms. The number of carbonyl (C=O) groups excluding carboxylic acids is 1. The first-order valence-corrected chi connectivity index (χ1v) is 8.15. The molecular weight excluding hydrogens is 268 g/mol. The molecule has 2 atom stereocenters. The summed E-state index contributed by atoms with van der Waals surface area (Å²) in [5.74, 6) is 0.214. The zero-order valence-electron chi connectivity index (χ0n) is 12.3. The van der Waals surface area contributed by atoms with Crippen LogP contribution in [0, 0.1) is 5.92 Å². The van der Waals surface area contributed by atoms with E-state index in [-0.39, 0.29) is 16.6 Å². The van der Waals surface area contributed by atoms with E-state index in [1.165, 1.54) is 4.90 Å². The lowest BCUT2D eigenvalue weighted by Gasteiger charge is -2.20. The SMILES string of the molecule is CCC(C)C(N)C(=O)NCC1(Sc2ccccc2)CC1. The van der Waals surface area contributed by atoms with Gasteiger partial charge in [0, 0.05) is 16.2 Å². The summed E-state index contributed by atoms with van der Waals surface area (Å²) in [5, 5.41) is 3.04. The Hall–Kier alpha value is -1.00. The summed E-state index contributed by atoms with van der Waals surface area (Å²) in [6.45, 7) is 4.80. The zero-order chi connectivity index (χ0) is 14.6. The second-order valence-corrected chi connectivity index (χ2v) is 7.27. The van der Waals surface area contributed by atoms with Crippen LogP contribution in [0.25, 0.3) is 0 Å². The van der Waals surface area contributed by atoms with E-state index >= 15 is 0 Å². The Labute approximate surface area is 125 Å². The smallest absolute Gasteiger partial charge is 0.237 e. The van der Waals surface area contributed by atoms with Gasteiger partial charge in [0.1, 0.15) is 0 Å². The maximum atomic E-state index is 12.0. The highest BCUT2D eigenvalue weighted by atomic mass is 32.2. The van der Waals surface area contributed by atoms with Crippen molar-refractivity contribution in [2.45, 2.75) is 48.8 Å². The van der Waals surface area contributed by atoms with Gasteiger partial charge in [-0.3, -0.25) is 4.79 Å². The fraction of sp³-hybridized carbons (Fsp3) is 0.562. The van der Waals surface area contributed by atoms with Gasteiger partial charge in [-0.1, -0.05) is 38.5 Å². The van der Waals surface area contributed by atoms with E-state index in [2.05, 4.69) is 36.5 Å². The molecule has 1 aromatic rings. The Morgan fingerprint density at radius 2 is 2.05 bits per heavy atom. The van der Waals surface area contributed by atoms with Crippen LogP contribution in [0.2, 0.25) is 0 Å². The second-order valence-electron chi connectivity index (χ2n) is 5.73. The van der Waals surface area contributed by atoms with E-state index in [0.29, 0.717) is 0 Å².